The Morgan fingerprint density at radius 3 is 3.00 bits per heavy atom. The Morgan fingerprint density at radius 1 is 1.61 bits per heavy atom. The number of hydrogen-bond acceptors (Lipinski definition) is 4. The Hall–Kier alpha value is -0.690. The molecule has 1 N–H and O–H groups in total. The third kappa shape index (κ3) is 2.66. The van der Waals surface area contributed by atoms with E-state index in [2.05, 4.69) is 21.0 Å². The summed E-state index contributed by atoms with van der Waals surface area (Å²) in [6, 6.07) is 2.01. The van der Waals surface area contributed by atoms with Crippen LogP contribution in [-0.2, 0) is 11.3 Å². The average Bonchev–Trinajstić information content (AvgIpc) is 2.92. The number of hydrogen-bond donors (Lipinski definition) is 1. The highest BCUT2D eigenvalue weighted by Crippen LogP contribution is 2.33. The van der Waals surface area contributed by atoms with Crippen molar-refractivity contribution >= 4 is 27.3 Å². The Morgan fingerprint density at radius 2 is 2.39 bits per heavy atom. The van der Waals surface area contributed by atoms with Crippen LogP contribution in [0.15, 0.2) is 22.1 Å². The fourth-order valence-electron chi connectivity index (χ4n) is 1.79. The monoisotopic (exact) mass is 330 g/mol. The van der Waals surface area contributed by atoms with E-state index in [1.165, 1.54) is 0 Å². The summed E-state index contributed by atoms with van der Waals surface area (Å²) in [7, 11) is 1.65. The molecule has 0 aliphatic rings. The van der Waals surface area contributed by atoms with E-state index in [-0.39, 0.29) is 0 Å². The molecule has 1 atom stereocenters. The van der Waals surface area contributed by atoms with Gasteiger partial charge in [-0.25, -0.2) is 0 Å². The summed E-state index contributed by atoms with van der Waals surface area (Å²) in [4.78, 5) is 0.954. The standard InChI is InChI=1S/C12H15BrN2O2S/c1-8-3-6-18-12(8)11(16)10-9(13)7-14-15(10)4-5-17-2/h3,6-7,11,16H,4-5H2,1-2H3. The van der Waals surface area contributed by atoms with Gasteiger partial charge in [-0.1, -0.05) is 0 Å². The molecule has 0 fully saturated rings. The highest BCUT2D eigenvalue weighted by atomic mass is 79.9. The normalized spacial score (nSPS) is 12.9. The predicted octanol–water partition coefficient (Wildman–Crippen LogP) is 2.74. The summed E-state index contributed by atoms with van der Waals surface area (Å²) in [5.41, 5.74) is 1.87. The number of ether oxygens (including phenoxy) is 1. The van der Waals surface area contributed by atoms with Crippen molar-refractivity contribution in [2.24, 2.45) is 0 Å². The van der Waals surface area contributed by atoms with E-state index in [0.717, 1.165) is 20.6 Å². The first-order valence-electron chi connectivity index (χ1n) is 5.57. The second kappa shape index (κ2) is 5.97. The minimum atomic E-state index is -0.654. The van der Waals surface area contributed by atoms with Crippen molar-refractivity contribution in [3.8, 4) is 0 Å². The lowest BCUT2D eigenvalue weighted by Gasteiger charge is -2.14. The van der Waals surface area contributed by atoms with Crippen LogP contribution in [-0.4, -0.2) is 28.6 Å². The van der Waals surface area contributed by atoms with Gasteiger partial charge in [-0.05, 0) is 39.9 Å². The van der Waals surface area contributed by atoms with Gasteiger partial charge in [0.05, 0.1) is 29.5 Å². The van der Waals surface area contributed by atoms with Crippen molar-refractivity contribution in [1.82, 2.24) is 9.78 Å². The zero-order valence-electron chi connectivity index (χ0n) is 10.3. The number of aryl methyl sites for hydroxylation is 1. The van der Waals surface area contributed by atoms with Gasteiger partial charge in [-0.3, -0.25) is 4.68 Å². The summed E-state index contributed by atoms with van der Waals surface area (Å²) >= 11 is 4.99. The maximum absolute atomic E-state index is 10.5. The molecule has 2 heterocycles. The molecule has 0 bridgehead atoms. The van der Waals surface area contributed by atoms with Gasteiger partial charge in [-0.15, -0.1) is 11.3 Å². The molecule has 98 valence electrons. The van der Waals surface area contributed by atoms with Gasteiger partial charge in [-0.2, -0.15) is 5.10 Å². The van der Waals surface area contributed by atoms with Gasteiger partial charge < -0.3 is 9.84 Å². The van der Waals surface area contributed by atoms with Crippen molar-refractivity contribution < 1.29 is 9.84 Å². The van der Waals surface area contributed by atoms with Crippen molar-refractivity contribution in [3.05, 3.63) is 38.3 Å². The third-order valence-corrected chi connectivity index (χ3v) is 4.43. The van der Waals surface area contributed by atoms with Gasteiger partial charge >= 0.3 is 0 Å². The van der Waals surface area contributed by atoms with Crippen LogP contribution >= 0.6 is 27.3 Å². The fourth-order valence-corrected chi connectivity index (χ4v) is 3.21. The summed E-state index contributed by atoms with van der Waals surface area (Å²) in [5, 5.41) is 16.7. The van der Waals surface area contributed by atoms with E-state index in [1.807, 2.05) is 18.4 Å². The summed E-state index contributed by atoms with van der Waals surface area (Å²) in [6.07, 6.45) is 1.05. The summed E-state index contributed by atoms with van der Waals surface area (Å²) in [5.74, 6) is 0. The smallest absolute Gasteiger partial charge is 0.131 e. The molecule has 0 radical (unpaired) electrons. The van der Waals surface area contributed by atoms with E-state index in [0.29, 0.717) is 13.2 Å². The van der Waals surface area contributed by atoms with Gasteiger partial charge in [0.2, 0.25) is 0 Å². The highest BCUT2D eigenvalue weighted by molar-refractivity contribution is 9.10. The molecule has 0 amide bonds. The van der Waals surface area contributed by atoms with Crippen LogP contribution in [0.2, 0.25) is 0 Å². The SMILES string of the molecule is COCCn1ncc(Br)c1C(O)c1sccc1C. The molecule has 2 aromatic heterocycles. The maximum atomic E-state index is 10.5. The lowest BCUT2D eigenvalue weighted by Crippen LogP contribution is -2.13. The fraction of sp³-hybridized carbons (Fsp3) is 0.417. The van der Waals surface area contributed by atoms with E-state index >= 15 is 0 Å². The predicted molar refractivity (Wildman–Crippen MR) is 74.9 cm³/mol. The number of methoxy groups -OCH3 is 1. The van der Waals surface area contributed by atoms with Crippen molar-refractivity contribution in [2.45, 2.75) is 19.6 Å². The number of aliphatic hydroxyl groups excluding tert-OH is 1. The number of nitrogens with zero attached hydrogens (tertiary/aromatic N) is 2. The molecule has 18 heavy (non-hydrogen) atoms. The molecule has 6 heteroatoms. The summed E-state index contributed by atoms with van der Waals surface area (Å²) < 4.78 is 7.64. The molecule has 2 rings (SSSR count). The molecule has 0 saturated carbocycles. The van der Waals surface area contributed by atoms with Crippen LogP contribution in [0.5, 0.6) is 0 Å². The zero-order chi connectivity index (χ0) is 13.1. The molecule has 0 aliphatic heterocycles. The Kier molecular flexibility index (Phi) is 4.55. The quantitative estimate of drug-likeness (QED) is 0.916. The molecule has 0 aromatic carbocycles. The van der Waals surface area contributed by atoms with E-state index in [4.69, 9.17) is 4.74 Å². The number of thiophene rings is 1. The first-order chi connectivity index (χ1) is 8.65. The Labute approximate surface area is 118 Å². The van der Waals surface area contributed by atoms with Gasteiger partial charge in [0.15, 0.2) is 0 Å². The molecule has 2 aromatic rings. The van der Waals surface area contributed by atoms with E-state index < -0.39 is 6.10 Å². The average molecular weight is 331 g/mol. The van der Waals surface area contributed by atoms with Crippen LogP contribution in [0.1, 0.15) is 22.2 Å². The van der Waals surface area contributed by atoms with Gasteiger partial charge in [0, 0.05) is 12.0 Å². The van der Waals surface area contributed by atoms with Crippen LogP contribution in [0.25, 0.3) is 0 Å². The van der Waals surface area contributed by atoms with Crippen LogP contribution in [0.4, 0.5) is 0 Å². The lowest BCUT2D eigenvalue weighted by molar-refractivity contribution is 0.171. The Bertz CT molecular complexity index is 524. The molecular formula is C12H15BrN2O2S. The van der Waals surface area contributed by atoms with Crippen molar-refractivity contribution in [2.75, 3.05) is 13.7 Å². The molecule has 0 spiro atoms. The van der Waals surface area contributed by atoms with E-state index in [1.54, 1.807) is 29.3 Å². The molecular weight excluding hydrogens is 316 g/mol. The number of aliphatic hydroxyl groups is 1. The molecule has 1 unspecified atom stereocenters. The third-order valence-electron chi connectivity index (χ3n) is 2.75. The first-order valence-corrected chi connectivity index (χ1v) is 7.24. The summed E-state index contributed by atoms with van der Waals surface area (Å²) in [6.45, 7) is 3.19. The molecule has 0 saturated heterocycles. The minimum Gasteiger partial charge on any atom is -0.383 e. The van der Waals surface area contributed by atoms with E-state index in [9.17, 15) is 5.11 Å². The van der Waals surface area contributed by atoms with Crippen molar-refractivity contribution in [1.29, 1.82) is 0 Å². The highest BCUT2D eigenvalue weighted by Gasteiger charge is 2.21. The van der Waals surface area contributed by atoms with Gasteiger partial charge in [0.1, 0.15) is 6.10 Å². The molecule has 0 aliphatic carbocycles. The Balaban J connectivity index is 2.32. The topological polar surface area (TPSA) is 47.3 Å². The van der Waals surface area contributed by atoms with Gasteiger partial charge in [0.25, 0.3) is 0 Å². The van der Waals surface area contributed by atoms with Crippen molar-refractivity contribution in [3.63, 3.8) is 0 Å². The first kappa shape index (κ1) is 13.7. The second-order valence-electron chi connectivity index (χ2n) is 3.96. The lowest BCUT2D eigenvalue weighted by atomic mass is 10.1. The second-order valence-corrected chi connectivity index (χ2v) is 5.77. The minimum absolute atomic E-state index is 0.567. The maximum Gasteiger partial charge on any atom is 0.131 e. The molecule has 4 nitrogen and oxygen atoms in total. The van der Waals surface area contributed by atoms with Crippen LogP contribution in [0.3, 0.4) is 0 Å². The number of aromatic nitrogens is 2. The number of rotatable bonds is 5. The largest absolute Gasteiger partial charge is 0.383 e. The zero-order valence-corrected chi connectivity index (χ0v) is 12.7. The number of halogens is 1. The van der Waals surface area contributed by atoms with Crippen LogP contribution in [0, 0.1) is 6.92 Å². The van der Waals surface area contributed by atoms with Crippen LogP contribution < -0.4 is 0 Å².